The van der Waals surface area contributed by atoms with Crippen LogP contribution in [-0.2, 0) is 0 Å². The van der Waals surface area contributed by atoms with Crippen molar-refractivity contribution >= 4 is 0 Å². The third-order valence-electron chi connectivity index (χ3n) is 3.53. The predicted molar refractivity (Wildman–Crippen MR) is 63.0 cm³/mol. The van der Waals surface area contributed by atoms with Gasteiger partial charge in [0.1, 0.15) is 11.4 Å². The smallest absolute Gasteiger partial charge is 0.127 e. The molecule has 3 nitrogen and oxygen atoms in total. The predicted octanol–water partition coefficient (Wildman–Crippen LogP) is 1.31. The molecule has 0 spiro atoms. The number of piperidine rings is 1. The Morgan fingerprint density at radius 2 is 2.06 bits per heavy atom. The monoisotopic (exact) mass is 239 g/mol. The Bertz CT molecular complexity index is 408. The molecule has 0 bridgehead atoms. The first kappa shape index (κ1) is 12.5. The van der Waals surface area contributed by atoms with Gasteiger partial charge in [0.25, 0.3) is 0 Å². The van der Waals surface area contributed by atoms with E-state index in [0.29, 0.717) is 18.5 Å². The molecule has 1 aromatic carbocycles. The highest BCUT2D eigenvalue weighted by Crippen LogP contribution is 2.35. The minimum Gasteiger partial charge on any atom is -0.390 e. The van der Waals surface area contributed by atoms with Gasteiger partial charge in [-0.25, -0.2) is 4.39 Å². The lowest BCUT2D eigenvalue weighted by molar-refractivity contribution is -0.121. The van der Waals surface area contributed by atoms with Gasteiger partial charge < -0.3 is 10.2 Å². The molecule has 0 radical (unpaired) electrons. The molecule has 1 fully saturated rings. The number of rotatable bonds is 1. The Morgan fingerprint density at radius 3 is 2.71 bits per heavy atom. The van der Waals surface area contributed by atoms with Crippen LogP contribution >= 0.6 is 0 Å². The van der Waals surface area contributed by atoms with Crippen molar-refractivity contribution < 1.29 is 14.6 Å². The normalized spacial score (nSPS) is 34.9. The van der Waals surface area contributed by atoms with E-state index >= 15 is 0 Å². The van der Waals surface area contributed by atoms with Crippen LogP contribution < -0.4 is 0 Å². The zero-order valence-corrected chi connectivity index (χ0v) is 10.1. The maximum Gasteiger partial charge on any atom is 0.127 e. The van der Waals surface area contributed by atoms with E-state index in [1.807, 2.05) is 11.9 Å². The minimum absolute atomic E-state index is 0.188. The van der Waals surface area contributed by atoms with Crippen molar-refractivity contribution in [1.29, 1.82) is 0 Å². The highest BCUT2D eigenvalue weighted by molar-refractivity contribution is 5.22. The van der Waals surface area contributed by atoms with Gasteiger partial charge in [-0.2, -0.15) is 0 Å². The van der Waals surface area contributed by atoms with Gasteiger partial charge in [0.2, 0.25) is 0 Å². The van der Waals surface area contributed by atoms with Gasteiger partial charge >= 0.3 is 0 Å². The molecule has 0 aromatic heterocycles. The van der Waals surface area contributed by atoms with Crippen LogP contribution in [0.15, 0.2) is 24.3 Å². The van der Waals surface area contributed by atoms with E-state index in [-0.39, 0.29) is 11.9 Å². The summed E-state index contributed by atoms with van der Waals surface area (Å²) in [5.41, 5.74) is -0.555. The lowest BCUT2D eigenvalue weighted by atomic mass is 9.85. The van der Waals surface area contributed by atoms with E-state index in [1.54, 1.807) is 25.1 Å². The molecule has 1 saturated heterocycles. The zero-order chi connectivity index (χ0) is 12.6. The van der Waals surface area contributed by atoms with E-state index in [4.69, 9.17) is 0 Å². The van der Waals surface area contributed by atoms with Crippen LogP contribution in [0, 0.1) is 5.82 Å². The molecule has 1 aliphatic rings. The average Bonchev–Trinajstić information content (AvgIpc) is 2.24. The number of likely N-dealkylation sites (N-methyl/N-ethyl adjacent to an activating group) is 1. The maximum absolute atomic E-state index is 13.7. The number of nitrogens with zero attached hydrogens (tertiary/aromatic N) is 1. The molecule has 17 heavy (non-hydrogen) atoms. The summed E-state index contributed by atoms with van der Waals surface area (Å²) in [6.45, 7) is 1.93. The number of halogens is 1. The molecule has 0 amide bonds. The van der Waals surface area contributed by atoms with Gasteiger partial charge in [-0.05, 0) is 26.5 Å². The molecule has 94 valence electrons. The maximum atomic E-state index is 13.7. The Kier molecular flexibility index (Phi) is 3.21. The third-order valence-corrected chi connectivity index (χ3v) is 3.53. The van der Waals surface area contributed by atoms with E-state index in [1.165, 1.54) is 6.07 Å². The molecule has 2 N–H and O–H groups in total. The van der Waals surface area contributed by atoms with Crippen LogP contribution in [-0.4, -0.2) is 40.4 Å². The number of hydrogen-bond acceptors (Lipinski definition) is 3. The molecular weight excluding hydrogens is 221 g/mol. The van der Waals surface area contributed by atoms with E-state index in [9.17, 15) is 14.6 Å². The number of likely N-dealkylation sites (tertiary alicyclic amines) is 1. The Morgan fingerprint density at radius 1 is 1.41 bits per heavy atom. The Balaban J connectivity index is 2.27. The number of aliphatic hydroxyl groups is 2. The molecule has 3 atom stereocenters. The molecule has 1 heterocycles. The van der Waals surface area contributed by atoms with Crippen molar-refractivity contribution in [1.82, 2.24) is 4.90 Å². The van der Waals surface area contributed by atoms with E-state index < -0.39 is 11.7 Å². The van der Waals surface area contributed by atoms with Crippen molar-refractivity contribution in [2.75, 3.05) is 13.6 Å². The number of β-amino-alcohol motifs (C(OH)–C–C–N with tert-alkyl or cyclic N) is 1. The molecule has 0 aliphatic carbocycles. The molecule has 1 aromatic rings. The lowest BCUT2D eigenvalue weighted by Gasteiger charge is -2.44. The zero-order valence-electron chi connectivity index (χ0n) is 10.1. The first-order valence-electron chi connectivity index (χ1n) is 5.77. The van der Waals surface area contributed by atoms with Gasteiger partial charge in [-0.15, -0.1) is 0 Å². The fraction of sp³-hybridized carbons (Fsp3) is 0.538. The minimum atomic E-state index is -1.13. The second-order valence-electron chi connectivity index (χ2n) is 5.06. The summed E-state index contributed by atoms with van der Waals surface area (Å²) in [5, 5.41) is 19.8. The van der Waals surface area contributed by atoms with Crippen molar-refractivity contribution in [2.24, 2.45) is 0 Å². The second-order valence-corrected chi connectivity index (χ2v) is 5.06. The Hall–Kier alpha value is -0.970. The summed E-state index contributed by atoms with van der Waals surface area (Å²) >= 11 is 0. The highest BCUT2D eigenvalue weighted by Gasteiger charge is 2.41. The highest BCUT2D eigenvalue weighted by atomic mass is 19.1. The van der Waals surface area contributed by atoms with Gasteiger partial charge in [0, 0.05) is 18.2 Å². The fourth-order valence-electron chi connectivity index (χ4n) is 2.48. The molecule has 0 unspecified atom stereocenters. The molecular formula is C13H18FNO2. The van der Waals surface area contributed by atoms with Crippen LogP contribution in [0.1, 0.15) is 24.9 Å². The molecule has 0 saturated carbocycles. The van der Waals surface area contributed by atoms with Crippen molar-refractivity contribution in [3.05, 3.63) is 35.6 Å². The van der Waals surface area contributed by atoms with E-state index in [0.717, 1.165) is 0 Å². The topological polar surface area (TPSA) is 43.7 Å². The van der Waals surface area contributed by atoms with Crippen molar-refractivity contribution in [2.45, 2.75) is 31.1 Å². The summed E-state index contributed by atoms with van der Waals surface area (Å²) in [5.74, 6) is -0.266. The number of benzene rings is 1. The molecule has 1 aliphatic heterocycles. The van der Waals surface area contributed by atoms with Crippen LogP contribution in [0.4, 0.5) is 4.39 Å². The summed E-state index contributed by atoms with van der Waals surface area (Å²) in [7, 11) is 1.83. The van der Waals surface area contributed by atoms with Gasteiger partial charge in [0.05, 0.1) is 6.10 Å². The summed E-state index contributed by atoms with van der Waals surface area (Å²) < 4.78 is 13.7. The van der Waals surface area contributed by atoms with Crippen molar-refractivity contribution in [3.63, 3.8) is 0 Å². The SMILES string of the molecule is CN1C[C@](C)(O)[C@@H](O)C[C@H]1c1ccccc1F. The standard InChI is InChI=1S/C13H18FNO2/c1-13(17)8-15(2)11(7-12(13)16)9-5-3-4-6-10(9)14/h3-6,11-12,16-17H,7-8H2,1-2H3/t11-,12-,13-/m0/s1. The van der Waals surface area contributed by atoms with Gasteiger partial charge in [-0.3, -0.25) is 4.90 Å². The second kappa shape index (κ2) is 4.37. The van der Waals surface area contributed by atoms with Crippen LogP contribution in [0.3, 0.4) is 0 Å². The van der Waals surface area contributed by atoms with Crippen LogP contribution in [0.25, 0.3) is 0 Å². The van der Waals surface area contributed by atoms with E-state index in [2.05, 4.69) is 0 Å². The lowest BCUT2D eigenvalue weighted by Crippen LogP contribution is -2.54. The third kappa shape index (κ3) is 2.34. The fourth-order valence-corrected chi connectivity index (χ4v) is 2.48. The largest absolute Gasteiger partial charge is 0.390 e. The van der Waals surface area contributed by atoms with Crippen LogP contribution in [0.5, 0.6) is 0 Å². The number of hydrogen-bond donors (Lipinski definition) is 2. The number of aliphatic hydroxyl groups excluding tert-OH is 1. The summed E-state index contributed by atoms with van der Waals surface area (Å²) in [6.07, 6.45) is -0.493. The van der Waals surface area contributed by atoms with Crippen LogP contribution in [0.2, 0.25) is 0 Å². The first-order chi connectivity index (χ1) is 7.92. The summed E-state index contributed by atoms with van der Waals surface area (Å²) in [6, 6.07) is 6.39. The van der Waals surface area contributed by atoms with Crippen molar-refractivity contribution in [3.8, 4) is 0 Å². The average molecular weight is 239 g/mol. The Labute approximate surface area is 100 Å². The quantitative estimate of drug-likeness (QED) is 0.776. The van der Waals surface area contributed by atoms with Gasteiger partial charge in [-0.1, -0.05) is 18.2 Å². The molecule has 2 rings (SSSR count). The first-order valence-corrected chi connectivity index (χ1v) is 5.77. The molecule has 4 heteroatoms. The van der Waals surface area contributed by atoms with Gasteiger partial charge in [0.15, 0.2) is 0 Å². The summed E-state index contributed by atoms with van der Waals surface area (Å²) in [4.78, 5) is 1.88.